The molecular weight excluding hydrogens is 411 g/mol. The van der Waals surface area contributed by atoms with Crippen LogP contribution in [-0.2, 0) is 9.53 Å². The zero-order valence-electron chi connectivity index (χ0n) is 18.0. The number of nitrogens with zero attached hydrogens (tertiary/aromatic N) is 2. The van der Waals surface area contributed by atoms with Crippen molar-refractivity contribution in [3.05, 3.63) is 71.5 Å². The molecule has 1 aliphatic heterocycles. The molecule has 0 radical (unpaired) electrons. The van der Waals surface area contributed by atoms with Gasteiger partial charge >= 0.3 is 0 Å². The van der Waals surface area contributed by atoms with Crippen molar-refractivity contribution in [1.29, 1.82) is 0 Å². The third-order valence-electron chi connectivity index (χ3n) is 5.30. The van der Waals surface area contributed by atoms with E-state index in [1.807, 2.05) is 18.2 Å². The molecule has 0 aromatic heterocycles. The van der Waals surface area contributed by atoms with Gasteiger partial charge < -0.3 is 10.1 Å². The van der Waals surface area contributed by atoms with Crippen LogP contribution in [0.2, 0.25) is 0 Å². The van der Waals surface area contributed by atoms with Crippen LogP contribution < -0.4 is 10.7 Å². The minimum atomic E-state index is -0.396. The lowest BCUT2D eigenvalue weighted by Crippen LogP contribution is -2.50. The molecule has 0 bridgehead atoms. The molecule has 0 aliphatic carbocycles. The second-order valence-electron chi connectivity index (χ2n) is 7.54. The van der Waals surface area contributed by atoms with Crippen molar-refractivity contribution < 1.29 is 18.7 Å². The van der Waals surface area contributed by atoms with Gasteiger partial charge in [-0.3, -0.25) is 14.5 Å². The van der Waals surface area contributed by atoms with Crippen molar-refractivity contribution in [1.82, 2.24) is 15.6 Å². The fraction of sp³-hybridized carbons (Fsp3) is 0.375. The molecule has 1 fully saturated rings. The number of hydrogen-bond donors (Lipinski definition) is 2. The first-order chi connectivity index (χ1) is 15.6. The molecule has 2 amide bonds. The van der Waals surface area contributed by atoms with Gasteiger partial charge in [-0.15, -0.1) is 0 Å². The lowest BCUT2D eigenvalue weighted by Gasteiger charge is -2.33. The van der Waals surface area contributed by atoms with Crippen LogP contribution in [0.25, 0.3) is 0 Å². The Morgan fingerprint density at radius 2 is 1.78 bits per heavy atom. The van der Waals surface area contributed by atoms with E-state index in [-0.39, 0.29) is 17.9 Å². The molecule has 1 aliphatic rings. The monoisotopic (exact) mass is 440 g/mol. The zero-order chi connectivity index (χ0) is 22.6. The van der Waals surface area contributed by atoms with Gasteiger partial charge in [0.25, 0.3) is 11.8 Å². The second-order valence-corrected chi connectivity index (χ2v) is 7.54. The van der Waals surface area contributed by atoms with Gasteiger partial charge in [-0.25, -0.2) is 9.82 Å². The van der Waals surface area contributed by atoms with Crippen LogP contribution in [0.1, 0.15) is 35.2 Å². The first-order valence-electron chi connectivity index (χ1n) is 10.9. The van der Waals surface area contributed by atoms with Crippen molar-refractivity contribution >= 4 is 18.0 Å². The summed E-state index contributed by atoms with van der Waals surface area (Å²) in [5.74, 6) is -0.726. The summed E-state index contributed by atoms with van der Waals surface area (Å²) in [6, 6.07) is 15.0. The Morgan fingerprint density at radius 3 is 2.53 bits per heavy atom. The Morgan fingerprint density at radius 1 is 1.06 bits per heavy atom. The van der Waals surface area contributed by atoms with E-state index in [0.29, 0.717) is 50.4 Å². The average molecular weight is 441 g/mol. The van der Waals surface area contributed by atoms with Crippen LogP contribution in [0.15, 0.2) is 59.7 Å². The average Bonchev–Trinajstić information content (AvgIpc) is 2.83. The van der Waals surface area contributed by atoms with Gasteiger partial charge in [-0.2, -0.15) is 5.10 Å². The Balaban J connectivity index is 1.48. The number of nitrogens with one attached hydrogen (secondary N) is 2. The number of hydrogen-bond acceptors (Lipinski definition) is 5. The van der Waals surface area contributed by atoms with Gasteiger partial charge in [-0.1, -0.05) is 36.4 Å². The largest absolute Gasteiger partial charge is 0.379 e. The number of morpholine rings is 1. The summed E-state index contributed by atoms with van der Waals surface area (Å²) in [6.07, 6.45) is 3.46. The molecule has 1 saturated heterocycles. The number of carbonyl (C=O) groups excluding carboxylic acids is 2. The highest BCUT2D eigenvalue weighted by Gasteiger charge is 2.26. The second kappa shape index (κ2) is 12.7. The first kappa shape index (κ1) is 23.6. The van der Waals surface area contributed by atoms with Crippen LogP contribution in [0.3, 0.4) is 0 Å². The Bertz CT molecular complexity index is 901. The van der Waals surface area contributed by atoms with E-state index < -0.39 is 5.82 Å². The van der Waals surface area contributed by atoms with Gasteiger partial charge in [0, 0.05) is 30.8 Å². The quantitative estimate of drug-likeness (QED) is 0.338. The molecule has 170 valence electrons. The molecule has 0 saturated carbocycles. The van der Waals surface area contributed by atoms with E-state index >= 15 is 0 Å². The van der Waals surface area contributed by atoms with E-state index in [4.69, 9.17) is 4.74 Å². The number of unbranched alkanes of at least 4 members (excludes halogenated alkanes) is 1. The lowest BCUT2D eigenvalue weighted by molar-refractivity contribution is -0.128. The number of halogens is 1. The van der Waals surface area contributed by atoms with Crippen molar-refractivity contribution in [2.45, 2.75) is 25.3 Å². The zero-order valence-corrected chi connectivity index (χ0v) is 18.0. The van der Waals surface area contributed by atoms with Crippen LogP contribution in [0.4, 0.5) is 4.39 Å². The highest BCUT2D eigenvalue weighted by atomic mass is 19.1. The summed E-state index contributed by atoms with van der Waals surface area (Å²) < 4.78 is 19.1. The van der Waals surface area contributed by atoms with Gasteiger partial charge in [-0.05, 0) is 37.5 Å². The fourth-order valence-corrected chi connectivity index (χ4v) is 3.54. The number of amides is 2. The molecule has 1 unspecified atom stereocenters. The van der Waals surface area contributed by atoms with Crippen molar-refractivity contribution in [2.75, 3.05) is 32.8 Å². The normalized spacial score (nSPS) is 15.4. The molecule has 2 aromatic carbocycles. The number of rotatable bonds is 10. The van der Waals surface area contributed by atoms with Crippen molar-refractivity contribution in [3.8, 4) is 0 Å². The van der Waals surface area contributed by atoms with Gasteiger partial charge in [0.05, 0.1) is 25.5 Å². The maximum absolute atomic E-state index is 13.7. The summed E-state index contributed by atoms with van der Waals surface area (Å²) in [5.41, 5.74) is 3.49. The molecular formula is C24H29FN4O3. The van der Waals surface area contributed by atoms with Gasteiger partial charge in [0.1, 0.15) is 5.82 Å². The van der Waals surface area contributed by atoms with Gasteiger partial charge in [0.2, 0.25) is 0 Å². The Kier molecular flexibility index (Phi) is 9.34. The SMILES string of the molecule is O=C(NCCCCC(C(=O)N/N=C/c1ccccc1F)N1CCOCC1)c1ccccc1. The van der Waals surface area contributed by atoms with Crippen molar-refractivity contribution in [2.24, 2.45) is 5.10 Å². The summed E-state index contributed by atoms with van der Waals surface area (Å²) >= 11 is 0. The molecule has 8 heteroatoms. The predicted molar refractivity (Wildman–Crippen MR) is 121 cm³/mol. The smallest absolute Gasteiger partial charge is 0.257 e. The van der Waals surface area contributed by atoms with E-state index in [2.05, 4.69) is 20.7 Å². The van der Waals surface area contributed by atoms with Gasteiger partial charge in [0.15, 0.2) is 0 Å². The van der Waals surface area contributed by atoms with Crippen LogP contribution in [0.5, 0.6) is 0 Å². The fourth-order valence-electron chi connectivity index (χ4n) is 3.54. The van der Waals surface area contributed by atoms with Crippen molar-refractivity contribution in [3.63, 3.8) is 0 Å². The molecule has 2 N–H and O–H groups in total. The number of ether oxygens (including phenoxy) is 1. The molecule has 0 spiro atoms. The van der Waals surface area contributed by atoms with E-state index in [1.165, 1.54) is 12.3 Å². The van der Waals surface area contributed by atoms with E-state index in [1.54, 1.807) is 30.3 Å². The molecule has 1 heterocycles. The summed E-state index contributed by atoms with van der Waals surface area (Å²) in [6.45, 7) is 3.03. The Hall–Kier alpha value is -3.10. The predicted octanol–water partition coefficient (Wildman–Crippen LogP) is 2.58. The minimum absolute atomic E-state index is 0.101. The molecule has 7 nitrogen and oxygen atoms in total. The van der Waals surface area contributed by atoms with Crippen LogP contribution >= 0.6 is 0 Å². The number of carbonyl (C=O) groups is 2. The van der Waals surface area contributed by atoms with E-state index in [0.717, 1.165) is 12.8 Å². The number of benzene rings is 2. The summed E-state index contributed by atoms with van der Waals surface area (Å²) in [4.78, 5) is 27.0. The third kappa shape index (κ3) is 7.25. The molecule has 32 heavy (non-hydrogen) atoms. The topological polar surface area (TPSA) is 83.0 Å². The minimum Gasteiger partial charge on any atom is -0.379 e. The molecule has 3 rings (SSSR count). The number of hydrazone groups is 1. The summed E-state index contributed by atoms with van der Waals surface area (Å²) in [7, 11) is 0. The molecule has 2 aromatic rings. The summed E-state index contributed by atoms with van der Waals surface area (Å²) in [5, 5.41) is 6.85. The molecule has 1 atom stereocenters. The van der Waals surface area contributed by atoms with Crippen LogP contribution in [0, 0.1) is 5.82 Å². The maximum atomic E-state index is 13.7. The highest BCUT2D eigenvalue weighted by molar-refractivity contribution is 5.94. The lowest BCUT2D eigenvalue weighted by atomic mass is 10.1. The first-order valence-corrected chi connectivity index (χ1v) is 10.9. The third-order valence-corrected chi connectivity index (χ3v) is 5.30. The highest BCUT2D eigenvalue weighted by Crippen LogP contribution is 2.12. The maximum Gasteiger partial charge on any atom is 0.257 e. The van der Waals surface area contributed by atoms with Crippen LogP contribution in [-0.4, -0.2) is 61.8 Å². The standard InChI is InChI=1S/C24H29FN4O3/c25-21-11-5-4-10-20(21)18-27-28-24(31)22(29-14-16-32-17-15-29)12-6-7-13-26-23(30)19-8-2-1-3-9-19/h1-5,8-11,18,22H,6-7,12-17H2,(H,26,30)(H,28,31)/b27-18+. The Labute approximate surface area is 187 Å². The van der Waals surface area contributed by atoms with E-state index in [9.17, 15) is 14.0 Å².